The zero-order valence-electron chi connectivity index (χ0n) is 13.1. The maximum atomic E-state index is 12.8. The minimum Gasteiger partial charge on any atom is -0.368 e. The first-order valence-electron chi connectivity index (χ1n) is 8.30. The number of fused-ring (bicyclic) bond motifs is 1. The highest BCUT2D eigenvalue weighted by molar-refractivity contribution is 5.82. The van der Waals surface area contributed by atoms with Crippen LogP contribution in [0.1, 0.15) is 52.4 Å². The molecule has 0 aromatic carbocycles. The van der Waals surface area contributed by atoms with E-state index in [-0.39, 0.29) is 36.0 Å². The summed E-state index contributed by atoms with van der Waals surface area (Å²) < 4.78 is 5.59. The van der Waals surface area contributed by atoms with Crippen LogP contribution in [0.25, 0.3) is 0 Å². The van der Waals surface area contributed by atoms with Crippen molar-refractivity contribution in [2.75, 3.05) is 13.2 Å². The van der Waals surface area contributed by atoms with Gasteiger partial charge in [-0.3, -0.25) is 9.59 Å². The average Bonchev–Trinajstić information content (AvgIpc) is 2.99. The van der Waals surface area contributed by atoms with Crippen LogP contribution in [-0.2, 0) is 14.3 Å². The molecule has 1 aliphatic carbocycles. The van der Waals surface area contributed by atoms with Crippen LogP contribution in [0.4, 0.5) is 0 Å². The van der Waals surface area contributed by atoms with Crippen molar-refractivity contribution < 1.29 is 14.3 Å². The van der Waals surface area contributed by atoms with E-state index in [9.17, 15) is 9.59 Å². The van der Waals surface area contributed by atoms with E-state index in [1.807, 2.05) is 9.80 Å². The van der Waals surface area contributed by atoms with Crippen molar-refractivity contribution in [3.8, 4) is 0 Å². The monoisotopic (exact) mass is 294 g/mol. The smallest absolute Gasteiger partial charge is 0.252 e. The summed E-state index contributed by atoms with van der Waals surface area (Å²) in [6.45, 7) is 5.06. The lowest BCUT2D eigenvalue weighted by molar-refractivity contribution is -0.158. The molecule has 0 spiro atoms. The third-order valence-corrected chi connectivity index (χ3v) is 5.24. The third-order valence-electron chi connectivity index (χ3n) is 5.24. The Morgan fingerprint density at radius 2 is 1.76 bits per heavy atom. The van der Waals surface area contributed by atoms with Gasteiger partial charge in [-0.15, -0.1) is 0 Å². The lowest BCUT2D eigenvalue weighted by atomic mass is 9.84. The number of hydrogen-bond donors (Lipinski definition) is 0. The SMILES string of the molecule is CC(=O)N1C2CCCCC2N(C(=O)C2CCCO2)C[C@@H]1C. The molecule has 1 saturated carbocycles. The lowest BCUT2D eigenvalue weighted by Crippen LogP contribution is -2.67. The predicted molar refractivity (Wildman–Crippen MR) is 78.7 cm³/mol. The predicted octanol–water partition coefficient (Wildman–Crippen LogP) is 1.56. The normalized spacial score (nSPS) is 36.5. The van der Waals surface area contributed by atoms with Gasteiger partial charge in [-0.2, -0.15) is 0 Å². The van der Waals surface area contributed by atoms with E-state index in [4.69, 9.17) is 4.74 Å². The molecule has 0 aromatic rings. The Morgan fingerprint density at radius 3 is 2.38 bits per heavy atom. The number of carbonyl (C=O) groups is 2. The van der Waals surface area contributed by atoms with Crippen LogP contribution in [0.3, 0.4) is 0 Å². The molecule has 2 heterocycles. The molecule has 2 saturated heterocycles. The summed E-state index contributed by atoms with van der Waals surface area (Å²) in [6.07, 6.45) is 5.91. The van der Waals surface area contributed by atoms with Crippen molar-refractivity contribution in [2.24, 2.45) is 0 Å². The molecular formula is C16H26N2O3. The molecule has 4 atom stereocenters. The van der Waals surface area contributed by atoms with Crippen LogP contribution in [0.2, 0.25) is 0 Å². The Balaban J connectivity index is 1.81. The summed E-state index contributed by atoms with van der Waals surface area (Å²) in [6, 6.07) is 0.494. The van der Waals surface area contributed by atoms with E-state index in [1.54, 1.807) is 6.92 Å². The number of nitrogens with zero attached hydrogens (tertiary/aromatic N) is 2. The summed E-state index contributed by atoms with van der Waals surface area (Å²) in [5.74, 6) is 0.295. The van der Waals surface area contributed by atoms with Crippen LogP contribution >= 0.6 is 0 Å². The van der Waals surface area contributed by atoms with E-state index in [1.165, 1.54) is 0 Å². The molecule has 3 rings (SSSR count). The third kappa shape index (κ3) is 2.68. The second kappa shape index (κ2) is 5.95. The summed E-state index contributed by atoms with van der Waals surface area (Å²) in [5, 5.41) is 0. The number of ether oxygens (including phenoxy) is 1. The molecule has 2 amide bonds. The largest absolute Gasteiger partial charge is 0.368 e. The fourth-order valence-electron chi connectivity index (χ4n) is 4.37. The van der Waals surface area contributed by atoms with Gasteiger partial charge in [-0.05, 0) is 32.6 Å². The van der Waals surface area contributed by atoms with Crippen LogP contribution < -0.4 is 0 Å². The van der Waals surface area contributed by atoms with E-state index in [0.717, 1.165) is 38.5 Å². The van der Waals surface area contributed by atoms with E-state index in [2.05, 4.69) is 6.92 Å². The number of hydrogen-bond acceptors (Lipinski definition) is 3. The Hall–Kier alpha value is -1.10. The molecule has 3 fully saturated rings. The number of carbonyl (C=O) groups excluding carboxylic acids is 2. The molecule has 0 radical (unpaired) electrons. The summed E-state index contributed by atoms with van der Waals surface area (Å²) >= 11 is 0. The van der Waals surface area contributed by atoms with Gasteiger partial charge in [0.2, 0.25) is 5.91 Å². The van der Waals surface area contributed by atoms with Crippen molar-refractivity contribution in [1.82, 2.24) is 9.80 Å². The van der Waals surface area contributed by atoms with Gasteiger partial charge in [0.05, 0.1) is 12.1 Å². The first-order valence-corrected chi connectivity index (χ1v) is 8.30. The second-order valence-electron chi connectivity index (χ2n) is 6.69. The Kier molecular flexibility index (Phi) is 4.20. The van der Waals surface area contributed by atoms with Gasteiger partial charge >= 0.3 is 0 Å². The van der Waals surface area contributed by atoms with Crippen LogP contribution in [0.15, 0.2) is 0 Å². The van der Waals surface area contributed by atoms with Gasteiger partial charge < -0.3 is 14.5 Å². The molecule has 0 N–H and O–H groups in total. The lowest BCUT2D eigenvalue weighted by Gasteiger charge is -2.53. The Bertz CT molecular complexity index is 420. The average molecular weight is 294 g/mol. The van der Waals surface area contributed by atoms with E-state index in [0.29, 0.717) is 13.2 Å². The molecule has 5 nitrogen and oxygen atoms in total. The maximum Gasteiger partial charge on any atom is 0.252 e. The van der Waals surface area contributed by atoms with Crippen LogP contribution in [0, 0.1) is 0 Å². The zero-order valence-corrected chi connectivity index (χ0v) is 13.1. The molecule has 3 aliphatic rings. The first kappa shape index (κ1) is 14.8. The van der Waals surface area contributed by atoms with Crippen molar-refractivity contribution in [1.29, 1.82) is 0 Å². The van der Waals surface area contributed by atoms with Crippen molar-refractivity contribution >= 4 is 11.8 Å². The molecule has 118 valence electrons. The molecule has 0 bridgehead atoms. The minimum atomic E-state index is -0.247. The van der Waals surface area contributed by atoms with Crippen LogP contribution in [-0.4, -0.2) is 59.0 Å². The highest BCUT2D eigenvalue weighted by atomic mass is 16.5. The Labute approximate surface area is 126 Å². The van der Waals surface area contributed by atoms with Gasteiger partial charge in [0.25, 0.3) is 5.91 Å². The zero-order chi connectivity index (χ0) is 15.0. The highest BCUT2D eigenvalue weighted by Crippen LogP contribution is 2.34. The highest BCUT2D eigenvalue weighted by Gasteiger charge is 2.45. The first-order chi connectivity index (χ1) is 10.1. The molecule has 5 heteroatoms. The topological polar surface area (TPSA) is 49.9 Å². The molecular weight excluding hydrogens is 268 g/mol. The van der Waals surface area contributed by atoms with Gasteiger partial charge in [-0.25, -0.2) is 0 Å². The molecule has 2 aliphatic heterocycles. The maximum absolute atomic E-state index is 12.8. The minimum absolute atomic E-state index is 0.104. The van der Waals surface area contributed by atoms with Crippen molar-refractivity contribution in [3.05, 3.63) is 0 Å². The van der Waals surface area contributed by atoms with Crippen molar-refractivity contribution in [3.63, 3.8) is 0 Å². The van der Waals surface area contributed by atoms with E-state index < -0.39 is 0 Å². The van der Waals surface area contributed by atoms with Gasteiger partial charge in [-0.1, -0.05) is 12.8 Å². The van der Waals surface area contributed by atoms with Crippen molar-refractivity contribution in [2.45, 2.75) is 76.6 Å². The Morgan fingerprint density at radius 1 is 1.05 bits per heavy atom. The number of piperazine rings is 1. The molecule has 21 heavy (non-hydrogen) atoms. The van der Waals surface area contributed by atoms with Gasteiger partial charge in [0.1, 0.15) is 6.10 Å². The number of rotatable bonds is 1. The fraction of sp³-hybridized carbons (Fsp3) is 0.875. The molecule has 0 aromatic heterocycles. The summed E-state index contributed by atoms with van der Waals surface area (Å²) in [5.41, 5.74) is 0. The van der Waals surface area contributed by atoms with Gasteiger partial charge in [0, 0.05) is 26.1 Å². The molecule has 3 unspecified atom stereocenters. The summed E-state index contributed by atoms with van der Waals surface area (Å²) in [7, 11) is 0. The standard InChI is InChI=1S/C16H26N2O3/c1-11-10-17(16(20)15-8-5-9-21-15)13-6-3-4-7-14(13)18(11)12(2)19/h11,13-15H,3-10H2,1-2H3/t11-,13?,14?,15?/m0/s1. The summed E-state index contributed by atoms with van der Waals surface area (Å²) in [4.78, 5) is 28.8. The second-order valence-corrected chi connectivity index (χ2v) is 6.69. The van der Waals surface area contributed by atoms with Crippen LogP contribution in [0.5, 0.6) is 0 Å². The van der Waals surface area contributed by atoms with Gasteiger partial charge in [0.15, 0.2) is 0 Å². The number of amides is 2. The quantitative estimate of drug-likeness (QED) is 0.737. The van der Waals surface area contributed by atoms with E-state index >= 15 is 0 Å². The fourth-order valence-corrected chi connectivity index (χ4v) is 4.37.